The molecule has 1 heterocycles. The van der Waals surface area contributed by atoms with Gasteiger partial charge in [-0.05, 0) is 25.2 Å². The van der Waals surface area contributed by atoms with Crippen molar-refractivity contribution in [2.75, 3.05) is 26.2 Å². The second-order valence-electron chi connectivity index (χ2n) is 6.94. The lowest BCUT2D eigenvalue weighted by atomic mass is 9.94. The van der Waals surface area contributed by atoms with Gasteiger partial charge in [0.25, 0.3) is 0 Å². The van der Waals surface area contributed by atoms with Crippen molar-refractivity contribution in [2.24, 2.45) is 17.8 Å². The summed E-state index contributed by atoms with van der Waals surface area (Å²) < 4.78 is 0. The number of hydrogen-bond donors (Lipinski definition) is 1. The lowest BCUT2D eigenvalue weighted by Crippen LogP contribution is -2.49. The molecule has 0 aromatic heterocycles. The number of carboxylic acids is 1. The molecule has 1 aliphatic rings. The van der Waals surface area contributed by atoms with Crippen LogP contribution in [0.1, 0.15) is 47.0 Å². The number of likely N-dealkylation sites (tertiary alicyclic amines) is 1. The number of amides is 2. The molecule has 1 aliphatic heterocycles. The fraction of sp³-hybridized carbons (Fsp3) is 0.824. The van der Waals surface area contributed by atoms with Gasteiger partial charge in [0.15, 0.2) is 0 Å². The highest BCUT2D eigenvalue weighted by molar-refractivity contribution is 5.84. The SMILES string of the molecule is CCC(C)C(=O)N1CCCC(C(=O)N(CC(=O)O)CC(C)C)C1. The van der Waals surface area contributed by atoms with Crippen molar-refractivity contribution in [1.82, 2.24) is 9.80 Å². The molecule has 0 saturated carbocycles. The van der Waals surface area contributed by atoms with Crippen LogP contribution in [0.25, 0.3) is 0 Å². The van der Waals surface area contributed by atoms with Crippen LogP contribution in [0, 0.1) is 17.8 Å². The third kappa shape index (κ3) is 5.84. The van der Waals surface area contributed by atoms with E-state index in [9.17, 15) is 14.4 Å². The Morgan fingerprint density at radius 1 is 1.26 bits per heavy atom. The van der Waals surface area contributed by atoms with Gasteiger partial charge < -0.3 is 14.9 Å². The maximum absolute atomic E-state index is 12.7. The molecule has 6 heteroatoms. The first-order valence-electron chi connectivity index (χ1n) is 8.55. The largest absolute Gasteiger partial charge is 0.480 e. The van der Waals surface area contributed by atoms with Gasteiger partial charge in [-0.25, -0.2) is 0 Å². The number of piperidine rings is 1. The Bertz CT molecular complexity index is 436. The van der Waals surface area contributed by atoms with Gasteiger partial charge in [0, 0.05) is 25.6 Å². The van der Waals surface area contributed by atoms with E-state index < -0.39 is 5.97 Å². The van der Waals surface area contributed by atoms with Crippen LogP contribution in [0.2, 0.25) is 0 Å². The number of carbonyl (C=O) groups excluding carboxylic acids is 2. The van der Waals surface area contributed by atoms with Gasteiger partial charge in [-0.3, -0.25) is 14.4 Å². The summed E-state index contributed by atoms with van der Waals surface area (Å²) in [5, 5.41) is 9.03. The van der Waals surface area contributed by atoms with Gasteiger partial charge in [0.2, 0.25) is 11.8 Å². The molecule has 23 heavy (non-hydrogen) atoms. The van der Waals surface area contributed by atoms with E-state index in [1.54, 1.807) is 4.90 Å². The lowest BCUT2D eigenvalue weighted by molar-refractivity contribution is -0.149. The molecule has 0 radical (unpaired) electrons. The van der Waals surface area contributed by atoms with Crippen LogP contribution in [0.4, 0.5) is 0 Å². The summed E-state index contributed by atoms with van der Waals surface area (Å²) in [5.74, 6) is -1.15. The molecular formula is C17H30N2O4. The highest BCUT2D eigenvalue weighted by Gasteiger charge is 2.33. The Balaban J connectivity index is 2.76. The zero-order valence-corrected chi connectivity index (χ0v) is 14.7. The molecule has 2 amide bonds. The van der Waals surface area contributed by atoms with E-state index in [-0.39, 0.29) is 36.1 Å². The van der Waals surface area contributed by atoms with E-state index in [1.165, 1.54) is 4.90 Å². The monoisotopic (exact) mass is 326 g/mol. The van der Waals surface area contributed by atoms with Crippen molar-refractivity contribution in [3.63, 3.8) is 0 Å². The quantitative estimate of drug-likeness (QED) is 0.774. The van der Waals surface area contributed by atoms with Crippen LogP contribution in [-0.4, -0.2) is 58.9 Å². The molecule has 1 saturated heterocycles. The van der Waals surface area contributed by atoms with Crippen molar-refractivity contribution in [3.05, 3.63) is 0 Å². The maximum atomic E-state index is 12.7. The molecule has 2 unspecified atom stereocenters. The number of carboxylic acid groups (broad SMARTS) is 1. The summed E-state index contributed by atoms with van der Waals surface area (Å²) in [7, 11) is 0. The van der Waals surface area contributed by atoms with Crippen LogP contribution in [0.3, 0.4) is 0 Å². The standard InChI is InChI=1S/C17H30N2O4/c1-5-13(4)16(22)18-8-6-7-14(10-18)17(23)19(9-12(2)3)11-15(20)21/h12-14H,5-11H2,1-4H3,(H,20,21). The molecular weight excluding hydrogens is 296 g/mol. The molecule has 1 rings (SSSR count). The van der Waals surface area contributed by atoms with Crippen LogP contribution < -0.4 is 0 Å². The van der Waals surface area contributed by atoms with Crippen molar-refractivity contribution >= 4 is 17.8 Å². The Labute approximate surface area is 138 Å². The molecule has 0 bridgehead atoms. The smallest absolute Gasteiger partial charge is 0.323 e. The van der Waals surface area contributed by atoms with E-state index in [0.29, 0.717) is 19.6 Å². The molecule has 0 aromatic rings. The number of aliphatic carboxylic acids is 1. The molecule has 132 valence electrons. The van der Waals surface area contributed by atoms with E-state index in [0.717, 1.165) is 19.3 Å². The molecule has 0 aliphatic carbocycles. The molecule has 1 fully saturated rings. The lowest BCUT2D eigenvalue weighted by Gasteiger charge is -2.36. The summed E-state index contributed by atoms with van der Waals surface area (Å²) >= 11 is 0. The average molecular weight is 326 g/mol. The summed E-state index contributed by atoms with van der Waals surface area (Å²) in [4.78, 5) is 39.2. The predicted octanol–water partition coefficient (Wildman–Crippen LogP) is 1.84. The minimum atomic E-state index is -0.998. The van der Waals surface area contributed by atoms with E-state index in [1.807, 2.05) is 27.7 Å². The van der Waals surface area contributed by atoms with Crippen molar-refractivity contribution in [3.8, 4) is 0 Å². The predicted molar refractivity (Wildman–Crippen MR) is 87.8 cm³/mol. The van der Waals surface area contributed by atoms with Crippen LogP contribution in [-0.2, 0) is 14.4 Å². The van der Waals surface area contributed by atoms with E-state index >= 15 is 0 Å². The molecule has 0 spiro atoms. The maximum Gasteiger partial charge on any atom is 0.323 e. The highest BCUT2D eigenvalue weighted by atomic mass is 16.4. The number of nitrogens with zero attached hydrogens (tertiary/aromatic N) is 2. The Morgan fingerprint density at radius 3 is 2.43 bits per heavy atom. The third-order valence-electron chi connectivity index (χ3n) is 4.34. The van der Waals surface area contributed by atoms with Gasteiger partial charge in [-0.1, -0.05) is 27.7 Å². The van der Waals surface area contributed by atoms with Gasteiger partial charge in [0.05, 0.1) is 5.92 Å². The minimum absolute atomic E-state index is 0.0327. The fourth-order valence-electron chi connectivity index (χ4n) is 2.96. The fourth-order valence-corrected chi connectivity index (χ4v) is 2.96. The summed E-state index contributed by atoms with van der Waals surface area (Å²) in [6.07, 6.45) is 2.30. The van der Waals surface area contributed by atoms with Gasteiger partial charge in [-0.2, -0.15) is 0 Å². The highest BCUT2D eigenvalue weighted by Crippen LogP contribution is 2.21. The van der Waals surface area contributed by atoms with Crippen LogP contribution in [0.15, 0.2) is 0 Å². The first-order chi connectivity index (χ1) is 10.8. The molecule has 1 N–H and O–H groups in total. The van der Waals surface area contributed by atoms with E-state index in [2.05, 4.69) is 0 Å². The zero-order chi connectivity index (χ0) is 17.6. The molecule has 0 aromatic carbocycles. The first-order valence-corrected chi connectivity index (χ1v) is 8.55. The van der Waals surface area contributed by atoms with Gasteiger partial charge >= 0.3 is 5.97 Å². The summed E-state index contributed by atoms with van der Waals surface area (Å²) in [5.41, 5.74) is 0. The molecule has 6 nitrogen and oxygen atoms in total. The Hall–Kier alpha value is -1.59. The number of carbonyl (C=O) groups is 3. The number of hydrogen-bond acceptors (Lipinski definition) is 3. The van der Waals surface area contributed by atoms with Crippen molar-refractivity contribution in [1.29, 1.82) is 0 Å². The first kappa shape index (κ1) is 19.5. The van der Waals surface area contributed by atoms with Crippen LogP contribution in [0.5, 0.6) is 0 Å². The average Bonchev–Trinajstić information content (AvgIpc) is 2.51. The second kappa shape index (κ2) is 8.89. The van der Waals surface area contributed by atoms with E-state index in [4.69, 9.17) is 5.11 Å². The van der Waals surface area contributed by atoms with Crippen LogP contribution >= 0.6 is 0 Å². The third-order valence-corrected chi connectivity index (χ3v) is 4.34. The Morgan fingerprint density at radius 2 is 1.91 bits per heavy atom. The van der Waals surface area contributed by atoms with Gasteiger partial charge in [0.1, 0.15) is 6.54 Å². The van der Waals surface area contributed by atoms with Gasteiger partial charge in [-0.15, -0.1) is 0 Å². The second-order valence-corrected chi connectivity index (χ2v) is 6.94. The topological polar surface area (TPSA) is 77.9 Å². The van der Waals surface area contributed by atoms with Crippen molar-refractivity contribution < 1.29 is 19.5 Å². The normalized spacial score (nSPS) is 19.5. The molecule has 2 atom stereocenters. The Kier molecular flexibility index (Phi) is 7.52. The number of rotatable bonds is 7. The zero-order valence-electron chi connectivity index (χ0n) is 14.7. The summed E-state index contributed by atoms with van der Waals surface area (Å²) in [6.45, 7) is 9.07. The minimum Gasteiger partial charge on any atom is -0.480 e. The summed E-state index contributed by atoms with van der Waals surface area (Å²) in [6, 6.07) is 0. The van der Waals surface area contributed by atoms with Crippen molar-refractivity contribution in [2.45, 2.75) is 47.0 Å².